The molecule has 182 valence electrons. The highest BCUT2D eigenvalue weighted by Gasteiger charge is 2.21. The number of aliphatic carboxylic acids is 1. The molecule has 0 saturated heterocycles. The number of aromatic hydroxyl groups is 1. The van der Waals surface area contributed by atoms with Gasteiger partial charge in [0, 0.05) is 16.5 Å². The Balaban J connectivity index is 0.000000412. The maximum Gasteiger partial charge on any atom is 0.321 e. The molecular formula is C16H18ClN3O10S3. The number of carboxylic acid groups (broad SMARTS) is 1. The number of carbonyl (C=O) groups is 2. The van der Waals surface area contributed by atoms with Crippen LogP contribution >= 0.6 is 23.4 Å². The molecule has 0 bridgehead atoms. The first-order chi connectivity index (χ1) is 15.0. The number of nitrogens with one attached hydrogen (secondary N) is 1. The summed E-state index contributed by atoms with van der Waals surface area (Å²) in [4.78, 5) is 21.0. The number of carboxylic acids is 1. The molecule has 0 heterocycles. The molecule has 17 heteroatoms. The molecule has 0 aromatic heterocycles. The number of anilines is 2. The number of benzene rings is 2. The molecular weight excluding hydrogens is 526 g/mol. The third kappa shape index (κ3) is 9.42. The third-order valence-electron chi connectivity index (χ3n) is 3.42. The molecule has 9 N–H and O–H groups in total. The molecule has 0 saturated carbocycles. The molecule has 33 heavy (non-hydrogen) atoms. The highest BCUT2D eigenvalue weighted by Crippen LogP contribution is 2.35. The zero-order valence-corrected chi connectivity index (χ0v) is 19.4. The van der Waals surface area contributed by atoms with Crippen molar-refractivity contribution in [1.82, 2.24) is 0 Å². The average Bonchev–Trinajstić information content (AvgIpc) is 2.67. The molecule has 0 aliphatic rings. The lowest BCUT2D eigenvalue weighted by Gasteiger charge is -2.11. The minimum Gasteiger partial charge on any atom is -0.504 e. The van der Waals surface area contributed by atoms with Crippen molar-refractivity contribution in [2.75, 3.05) is 16.8 Å². The quantitative estimate of drug-likeness (QED) is 0.155. The Hall–Kier alpha value is -2.60. The van der Waals surface area contributed by atoms with Gasteiger partial charge in [-0.2, -0.15) is 16.8 Å². The lowest BCUT2D eigenvalue weighted by molar-refractivity contribution is -0.137. The summed E-state index contributed by atoms with van der Waals surface area (Å²) >= 11 is 6.15. The molecule has 0 aliphatic heterocycles. The zero-order valence-electron chi connectivity index (χ0n) is 16.2. The summed E-state index contributed by atoms with van der Waals surface area (Å²) in [5.74, 6) is -2.43. The third-order valence-corrected chi connectivity index (χ3v) is 6.25. The van der Waals surface area contributed by atoms with Gasteiger partial charge in [-0.15, -0.1) is 0 Å². The van der Waals surface area contributed by atoms with E-state index in [4.69, 9.17) is 37.3 Å². The van der Waals surface area contributed by atoms with Crippen molar-refractivity contribution in [2.24, 2.45) is 5.73 Å². The second kappa shape index (κ2) is 11.5. The Morgan fingerprint density at radius 2 is 1.70 bits per heavy atom. The summed E-state index contributed by atoms with van der Waals surface area (Å²) in [6.07, 6.45) is 0. The van der Waals surface area contributed by atoms with E-state index in [1.54, 1.807) is 0 Å². The second-order valence-corrected chi connectivity index (χ2v) is 10.2. The van der Waals surface area contributed by atoms with E-state index in [1.807, 2.05) is 0 Å². The van der Waals surface area contributed by atoms with Crippen molar-refractivity contribution in [2.45, 2.75) is 15.8 Å². The number of rotatable bonds is 6. The first kappa shape index (κ1) is 28.4. The number of amides is 1. The van der Waals surface area contributed by atoms with Crippen LogP contribution in [0.25, 0.3) is 0 Å². The van der Waals surface area contributed by atoms with E-state index in [2.05, 4.69) is 5.32 Å². The van der Waals surface area contributed by atoms with Gasteiger partial charge in [0.25, 0.3) is 25.5 Å². The number of halogens is 1. The van der Waals surface area contributed by atoms with Gasteiger partial charge in [-0.25, -0.2) is 0 Å². The van der Waals surface area contributed by atoms with Crippen LogP contribution in [-0.4, -0.2) is 59.2 Å². The van der Waals surface area contributed by atoms with Crippen LogP contribution in [0.2, 0.25) is 5.02 Å². The molecule has 0 spiro atoms. The van der Waals surface area contributed by atoms with Crippen LogP contribution in [0.1, 0.15) is 0 Å². The van der Waals surface area contributed by atoms with Crippen molar-refractivity contribution >= 4 is 66.2 Å². The summed E-state index contributed by atoms with van der Waals surface area (Å²) in [6, 6.07) is 6.04. The van der Waals surface area contributed by atoms with Crippen molar-refractivity contribution < 1.29 is 45.7 Å². The Labute approximate surface area is 197 Å². The Kier molecular flexibility index (Phi) is 9.91. The van der Waals surface area contributed by atoms with Crippen LogP contribution in [0, 0.1) is 0 Å². The Morgan fingerprint density at radius 3 is 2.15 bits per heavy atom. The number of hydrogen-bond acceptors (Lipinski definition) is 10. The predicted octanol–water partition coefficient (Wildman–Crippen LogP) is 1.48. The summed E-state index contributed by atoms with van der Waals surface area (Å²) in [5, 5.41) is 19.5. The number of carbonyl (C=O) groups excluding carboxylic acids is 1. The van der Waals surface area contributed by atoms with Crippen LogP contribution in [0.15, 0.2) is 46.2 Å². The summed E-state index contributed by atoms with van der Waals surface area (Å²) in [5.41, 5.74) is 10.4. The SMILES string of the molecule is N[C@@H](CSC(=O)Nc1cc(Cl)cc(S(=O)(=O)O)c1O)C(=O)O.Nc1cccc(S(=O)(=O)O)c1. The number of nitrogens with two attached hydrogens (primary N) is 2. The first-order valence-corrected chi connectivity index (χ1v) is 12.5. The van der Waals surface area contributed by atoms with E-state index >= 15 is 0 Å². The van der Waals surface area contributed by atoms with Gasteiger partial charge < -0.3 is 27.0 Å². The van der Waals surface area contributed by atoms with Crippen LogP contribution < -0.4 is 16.8 Å². The van der Waals surface area contributed by atoms with Gasteiger partial charge in [0.05, 0.1) is 10.6 Å². The minimum atomic E-state index is -4.74. The number of nitrogen functional groups attached to an aromatic ring is 1. The number of phenolic OH excluding ortho intramolecular Hbond substituents is 1. The van der Waals surface area contributed by atoms with Gasteiger partial charge in [-0.3, -0.25) is 18.7 Å². The topological polar surface area (TPSA) is 247 Å². The number of phenols is 1. The molecule has 0 aliphatic carbocycles. The van der Waals surface area contributed by atoms with Crippen molar-refractivity contribution in [1.29, 1.82) is 0 Å². The predicted molar refractivity (Wildman–Crippen MR) is 121 cm³/mol. The lowest BCUT2D eigenvalue weighted by atomic mass is 10.3. The smallest absolute Gasteiger partial charge is 0.321 e. The van der Waals surface area contributed by atoms with Gasteiger partial charge >= 0.3 is 5.97 Å². The molecule has 2 rings (SSSR count). The summed E-state index contributed by atoms with van der Waals surface area (Å²) in [7, 11) is -8.85. The molecule has 0 fully saturated rings. The van der Waals surface area contributed by atoms with E-state index in [-0.39, 0.29) is 21.4 Å². The first-order valence-electron chi connectivity index (χ1n) is 8.27. The lowest BCUT2D eigenvalue weighted by Crippen LogP contribution is -2.33. The highest BCUT2D eigenvalue weighted by molar-refractivity contribution is 8.13. The van der Waals surface area contributed by atoms with E-state index in [0.717, 1.165) is 12.1 Å². The van der Waals surface area contributed by atoms with Crippen LogP contribution in [0.3, 0.4) is 0 Å². The van der Waals surface area contributed by atoms with Gasteiger partial charge in [-0.1, -0.05) is 29.4 Å². The fourth-order valence-electron chi connectivity index (χ4n) is 1.92. The van der Waals surface area contributed by atoms with Gasteiger partial charge in [-0.05, 0) is 30.3 Å². The van der Waals surface area contributed by atoms with Crippen LogP contribution in [0.5, 0.6) is 5.75 Å². The second-order valence-electron chi connectivity index (χ2n) is 5.99. The number of hydrogen-bond donors (Lipinski definition) is 7. The van der Waals surface area contributed by atoms with E-state index in [1.165, 1.54) is 24.3 Å². The van der Waals surface area contributed by atoms with E-state index < -0.39 is 48.1 Å². The monoisotopic (exact) mass is 543 g/mol. The summed E-state index contributed by atoms with van der Waals surface area (Å²) < 4.78 is 60.6. The fourth-order valence-corrected chi connectivity index (χ4v) is 4.03. The van der Waals surface area contributed by atoms with Crippen molar-refractivity contribution in [3.8, 4) is 5.75 Å². The molecule has 2 aromatic carbocycles. The normalized spacial score (nSPS) is 12.2. The minimum absolute atomic E-state index is 0.159. The molecule has 13 nitrogen and oxygen atoms in total. The van der Waals surface area contributed by atoms with Gasteiger partial charge in [0.15, 0.2) is 5.75 Å². The van der Waals surface area contributed by atoms with E-state index in [9.17, 15) is 31.5 Å². The standard InChI is InChI=1S/C10H11ClN2O7S2.C6H7NO3S/c11-4-1-6(8(14)7(2-4)22(18,19)20)13-10(17)21-3-5(12)9(15)16;7-5-2-1-3-6(4-5)11(8,9)10/h1-2,5,14H,3,12H2,(H,13,17)(H,15,16)(H,18,19,20);1-4H,7H2,(H,8,9,10)/t5-;/m0./s1. The molecule has 1 amide bonds. The molecule has 0 unspecified atom stereocenters. The summed E-state index contributed by atoms with van der Waals surface area (Å²) in [6.45, 7) is 0. The Morgan fingerprint density at radius 1 is 1.09 bits per heavy atom. The largest absolute Gasteiger partial charge is 0.504 e. The van der Waals surface area contributed by atoms with Gasteiger partial charge in [0.2, 0.25) is 0 Å². The molecule has 1 atom stereocenters. The average molecular weight is 544 g/mol. The number of thioether (sulfide) groups is 1. The van der Waals surface area contributed by atoms with Crippen LogP contribution in [-0.2, 0) is 25.0 Å². The highest BCUT2D eigenvalue weighted by atomic mass is 35.5. The Bertz CT molecular complexity index is 1250. The molecule has 2 aromatic rings. The van der Waals surface area contributed by atoms with Crippen LogP contribution in [0.4, 0.5) is 16.2 Å². The zero-order chi connectivity index (χ0) is 25.6. The maximum absolute atomic E-state index is 11.6. The molecule has 0 radical (unpaired) electrons. The van der Waals surface area contributed by atoms with E-state index in [0.29, 0.717) is 17.4 Å². The van der Waals surface area contributed by atoms with Crippen molar-refractivity contribution in [3.05, 3.63) is 41.4 Å². The fraction of sp³-hybridized carbons (Fsp3) is 0.125. The van der Waals surface area contributed by atoms with Gasteiger partial charge in [0.1, 0.15) is 10.9 Å². The maximum atomic E-state index is 11.6. The van der Waals surface area contributed by atoms with Crippen molar-refractivity contribution in [3.63, 3.8) is 0 Å².